The number of halogens is 1. The number of thiocarbonyl (C=S) groups is 1. The second-order valence-electron chi connectivity index (χ2n) is 4.73. The average molecular weight is 306 g/mol. The summed E-state index contributed by atoms with van der Waals surface area (Å²) >= 11 is 11.1. The molecule has 1 atom stereocenters. The number of ketones is 1. The van der Waals surface area contributed by atoms with Gasteiger partial charge in [0.05, 0.1) is 6.04 Å². The quantitative estimate of drug-likeness (QED) is 0.881. The second-order valence-corrected chi connectivity index (χ2v) is 5.55. The van der Waals surface area contributed by atoms with Crippen molar-refractivity contribution in [3.05, 3.63) is 53.1 Å². The van der Waals surface area contributed by atoms with Gasteiger partial charge in [-0.15, -0.1) is 0 Å². The maximum Gasteiger partial charge on any atom is 0.179 e. The summed E-state index contributed by atoms with van der Waals surface area (Å²) < 4.78 is 1.79. The predicted molar refractivity (Wildman–Crippen MR) is 81.0 cm³/mol. The highest BCUT2D eigenvalue weighted by atomic mass is 35.5. The smallest absolute Gasteiger partial charge is 0.179 e. The van der Waals surface area contributed by atoms with Crippen LogP contribution in [-0.2, 0) is 17.6 Å². The molecule has 6 heteroatoms. The van der Waals surface area contributed by atoms with Crippen molar-refractivity contribution in [2.45, 2.75) is 18.9 Å². The number of hydrogen-bond donors (Lipinski definition) is 1. The molecule has 0 amide bonds. The van der Waals surface area contributed by atoms with Crippen LogP contribution in [0.3, 0.4) is 0 Å². The lowest BCUT2D eigenvalue weighted by Gasteiger charge is -2.25. The van der Waals surface area contributed by atoms with Crippen LogP contribution in [0.5, 0.6) is 0 Å². The molecule has 0 fully saturated rings. The van der Waals surface area contributed by atoms with Crippen molar-refractivity contribution < 1.29 is 4.79 Å². The lowest BCUT2D eigenvalue weighted by atomic mass is 9.99. The Kier molecular flexibility index (Phi) is 3.54. The Hall–Kier alpha value is -1.72. The van der Waals surface area contributed by atoms with Gasteiger partial charge in [-0.05, 0) is 29.9 Å². The molecule has 0 bridgehead atoms. The van der Waals surface area contributed by atoms with Crippen molar-refractivity contribution >= 4 is 34.7 Å². The Morgan fingerprint density at radius 3 is 2.95 bits per heavy atom. The van der Waals surface area contributed by atoms with E-state index in [1.807, 2.05) is 12.1 Å². The third-order valence-corrected chi connectivity index (χ3v) is 3.89. The second kappa shape index (κ2) is 5.34. The predicted octanol–water partition coefficient (Wildman–Crippen LogP) is 2.00. The number of imidazole rings is 1. The average Bonchev–Trinajstić information content (AvgIpc) is 2.90. The van der Waals surface area contributed by atoms with Crippen LogP contribution in [0.2, 0.25) is 5.02 Å². The molecule has 0 aliphatic carbocycles. The molecular weight excluding hydrogens is 294 g/mol. The van der Waals surface area contributed by atoms with Crippen molar-refractivity contribution in [1.82, 2.24) is 14.9 Å². The summed E-state index contributed by atoms with van der Waals surface area (Å²) in [4.78, 5) is 16.4. The Bertz CT molecular complexity index is 665. The van der Waals surface area contributed by atoms with Crippen LogP contribution in [0, 0.1) is 0 Å². The molecule has 0 unspecified atom stereocenters. The summed E-state index contributed by atoms with van der Waals surface area (Å²) in [5.74, 6) is 0.113. The molecule has 3 rings (SSSR count). The molecule has 1 aliphatic rings. The zero-order valence-corrected chi connectivity index (χ0v) is 12.1. The fourth-order valence-electron chi connectivity index (χ4n) is 2.26. The molecule has 4 nitrogen and oxygen atoms in total. The molecule has 2 aromatic rings. The van der Waals surface area contributed by atoms with Crippen molar-refractivity contribution in [2.75, 3.05) is 0 Å². The highest BCUT2D eigenvalue weighted by molar-refractivity contribution is 7.80. The summed E-state index contributed by atoms with van der Waals surface area (Å²) in [6.07, 6.45) is 4.37. The number of nitrogens with zero attached hydrogens (tertiary/aromatic N) is 2. The molecule has 1 aromatic heterocycles. The minimum Gasteiger partial charge on any atom is -0.352 e. The number of Topliss-reactive ketones (excluding diaryl/α,β-unsaturated/α-hetero) is 1. The Labute approximate surface area is 126 Å². The zero-order valence-electron chi connectivity index (χ0n) is 10.5. The highest BCUT2D eigenvalue weighted by Crippen LogP contribution is 2.14. The van der Waals surface area contributed by atoms with E-state index in [1.54, 1.807) is 29.2 Å². The van der Waals surface area contributed by atoms with Gasteiger partial charge in [-0.3, -0.25) is 9.36 Å². The standard InChI is InChI=1S/C14H12ClN3OS/c15-10-3-1-9(2-4-10)5-13(19)12-6-11-7-16-8-18(11)14(20)17-12/h1-4,7-8,12H,5-6H2,(H,17,20)/t12-/m0/s1. The van der Waals surface area contributed by atoms with E-state index in [1.165, 1.54) is 0 Å². The number of carbonyl (C=O) groups is 1. The lowest BCUT2D eigenvalue weighted by molar-refractivity contribution is -0.120. The number of rotatable bonds is 3. The van der Waals surface area contributed by atoms with E-state index < -0.39 is 0 Å². The number of benzene rings is 1. The highest BCUT2D eigenvalue weighted by Gasteiger charge is 2.26. The van der Waals surface area contributed by atoms with E-state index >= 15 is 0 Å². The minimum absolute atomic E-state index is 0.113. The van der Waals surface area contributed by atoms with Gasteiger partial charge in [0.15, 0.2) is 10.9 Å². The van der Waals surface area contributed by atoms with Gasteiger partial charge in [-0.2, -0.15) is 0 Å². The molecular formula is C14H12ClN3OS. The molecule has 0 saturated carbocycles. The minimum atomic E-state index is -0.289. The molecule has 102 valence electrons. The van der Waals surface area contributed by atoms with Crippen LogP contribution in [-0.4, -0.2) is 26.5 Å². The molecule has 2 heterocycles. The largest absolute Gasteiger partial charge is 0.352 e. The topological polar surface area (TPSA) is 46.9 Å². The molecule has 1 N–H and O–H groups in total. The van der Waals surface area contributed by atoms with Gasteiger partial charge in [0.1, 0.15) is 6.33 Å². The summed E-state index contributed by atoms with van der Waals surface area (Å²) in [5.41, 5.74) is 1.91. The van der Waals surface area contributed by atoms with Crippen LogP contribution in [0.15, 0.2) is 36.8 Å². The van der Waals surface area contributed by atoms with Crippen LogP contribution >= 0.6 is 23.8 Å². The van der Waals surface area contributed by atoms with E-state index in [0.717, 1.165) is 11.3 Å². The lowest BCUT2D eigenvalue weighted by Crippen LogP contribution is -2.49. The first kappa shape index (κ1) is 13.3. The molecule has 1 aromatic carbocycles. The van der Waals surface area contributed by atoms with Crippen LogP contribution in [0.25, 0.3) is 0 Å². The molecule has 20 heavy (non-hydrogen) atoms. The van der Waals surface area contributed by atoms with Crippen LogP contribution in [0.4, 0.5) is 0 Å². The Morgan fingerprint density at radius 1 is 1.45 bits per heavy atom. The van der Waals surface area contributed by atoms with Gasteiger partial charge in [0, 0.05) is 29.8 Å². The van der Waals surface area contributed by atoms with Crippen LogP contribution in [0.1, 0.15) is 11.3 Å². The van der Waals surface area contributed by atoms with Gasteiger partial charge < -0.3 is 5.32 Å². The SMILES string of the molecule is O=C(Cc1ccc(Cl)cc1)[C@@H]1Cc2cncn2C(=S)N1. The normalized spacial score (nSPS) is 17.4. The maximum atomic E-state index is 12.3. The monoisotopic (exact) mass is 305 g/mol. The third kappa shape index (κ3) is 2.59. The van der Waals surface area contributed by atoms with E-state index in [0.29, 0.717) is 23.0 Å². The molecule has 1 aliphatic heterocycles. The van der Waals surface area contributed by atoms with Gasteiger partial charge in [0.2, 0.25) is 0 Å². The van der Waals surface area contributed by atoms with E-state index in [-0.39, 0.29) is 11.8 Å². The maximum absolute atomic E-state index is 12.3. The van der Waals surface area contributed by atoms with Gasteiger partial charge >= 0.3 is 0 Å². The Balaban J connectivity index is 1.73. The Morgan fingerprint density at radius 2 is 2.20 bits per heavy atom. The molecule has 0 spiro atoms. The van der Waals surface area contributed by atoms with Gasteiger partial charge in [0.25, 0.3) is 0 Å². The first-order valence-electron chi connectivity index (χ1n) is 6.23. The number of carbonyl (C=O) groups excluding carboxylic acids is 1. The van der Waals surface area contributed by atoms with Crippen molar-refractivity contribution in [3.63, 3.8) is 0 Å². The van der Waals surface area contributed by atoms with Crippen molar-refractivity contribution in [3.8, 4) is 0 Å². The molecule has 0 radical (unpaired) electrons. The number of nitrogens with one attached hydrogen (secondary N) is 1. The number of fused-ring (bicyclic) bond motifs is 1. The zero-order chi connectivity index (χ0) is 14.1. The van der Waals surface area contributed by atoms with Gasteiger partial charge in [-0.25, -0.2) is 4.98 Å². The number of hydrogen-bond acceptors (Lipinski definition) is 3. The fourth-order valence-corrected chi connectivity index (χ4v) is 2.69. The summed E-state index contributed by atoms with van der Waals surface area (Å²) in [6.45, 7) is 0. The number of aromatic nitrogens is 2. The van der Waals surface area contributed by atoms with E-state index in [2.05, 4.69) is 10.3 Å². The van der Waals surface area contributed by atoms with Crippen molar-refractivity contribution in [2.24, 2.45) is 0 Å². The van der Waals surface area contributed by atoms with Crippen molar-refractivity contribution in [1.29, 1.82) is 0 Å². The first-order valence-corrected chi connectivity index (χ1v) is 7.01. The molecule has 0 saturated heterocycles. The first-order chi connectivity index (χ1) is 9.63. The summed E-state index contributed by atoms with van der Waals surface area (Å²) in [6, 6.07) is 7.02. The summed E-state index contributed by atoms with van der Waals surface area (Å²) in [7, 11) is 0. The van der Waals surface area contributed by atoms with E-state index in [9.17, 15) is 4.79 Å². The summed E-state index contributed by atoms with van der Waals surface area (Å²) in [5, 5.41) is 4.26. The third-order valence-electron chi connectivity index (χ3n) is 3.33. The van der Waals surface area contributed by atoms with Crippen LogP contribution < -0.4 is 5.32 Å². The van der Waals surface area contributed by atoms with E-state index in [4.69, 9.17) is 23.8 Å². The van der Waals surface area contributed by atoms with Gasteiger partial charge in [-0.1, -0.05) is 23.7 Å². The fraction of sp³-hybridized carbons (Fsp3) is 0.214.